The smallest absolute Gasteiger partial charge is 0.314 e. The van der Waals surface area contributed by atoms with Crippen molar-refractivity contribution in [1.82, 2.24) is 16.0 Å². The SMILES string of the molecule is NCCCNC(=O)NCC1CCNC1. The fourth-order valence-corrected chi connectivity index (χ4v) is 1.49. The molecule has 5 nitrogen and oxygen atoms in total. The van der Waals surface area contributed by atoms with Gasteiger partial charge in [-0.15, -0.1) is 0 Å². The molecule has 0 aromatic heterocycles. The molecule has 1 heterocycles. The van der Waals surface area contributed by atoms with Gasteiger partial charge in [0.2, 0.25) is 0 Å². The van der Waals surface area contributed by atoms with E-state index in [0.29, 0.717) is 19.0 Å². The van der Waals surface area contributed by atoms with Crippen molar-refractivity contribution in [2.24, 2.45) is 11.7 Å². The molecule has 1 atom stereocenters. The first kappa shape index (κ1) is 11.3. The van der Waals surface area contributed by atoms with Gasteiger partial charge in [-0.3, -0.25) is 0 Å². The molecule has 1 aliphatic rings. The molecule has 0 saturated carbocycles. The van der Waals surface area contributed by atoms with Gasteiger partial charge < -0.3 is 21.7 Å². The van der Waals surface area contributed by atoms with E-state index in [2.05, 4.69) is 16.0 Å². The number of nitrogens with one attached hydrogen (secondary N) is 3. The maximum Gasteiger partial charge on any atom is 0.314 e. The van der Waals surface area contributed by atoms with Gasteiger partial charge in [0, 0.05) is 13.1 Å². The normalized spacial score (nSPS) is 20.8. The Labute approximate surface area is 84.8 Å². The van der Waals surface area contributed by atoms with Crippen molar-refractivity contribution >= 4 is 6.03 Å². The van der Waals surface area contributed by atoms with Crippen molar-refractivity contribution in [2.45, 2.75) is 12.8 Å². The summed E-state index contributed by atoms with van der Waals surface area (Å²) in [4.78, 5) is 11.2. The Morgan fingerprint density at radius 1 is 1.50 bits per heavy atom. The van der Waals surface area contributed by atoms with Crippen molar-refractivity contribution < 1.29 is 4.79 Å². The topological polar surface area (TPSA) is 79.2 Å². The molecule has 0 aliphatic carbocycles. The number of urea groups is 1. The molecule has 1 rings (SSSR count). The zero-order chi connectivity index (χ0) is 10.2. The Morgan fingerprint density at radius 2 is 2.36 bits per heavy atom. The third-order valence-electron chi connectivity index (χ3n) is 2.38. The average molecular weight is 200 g/mol. The van der Waals surface area contributed by atoms with E-state index in [-0.39, 0.29) is 6.03 Å². The van der Waals surface area contributed by atoms with Crippen LogP contribution < -0.4 is 21.7 Å². The lowest BCUT2D eigenvalue weighted by Crippen LogP contribution is -2.39. The molecule has 5 heteroatoms. The van der Waals surface area contributed by atoms with E-state index in [4.69, 9.17) is 5.73 Å². The van der Waals surface area contributed by atoms with Crippen LogP contribution in [0.4, 0.5) is 4.79 Å². The van der Waals surface area contributed by atoms with E-state index >= 15 is 0 Å². The Morgan fingerprint density at radius 3 is 3.00 bits per heavy atom. The van der Waals surface area contributed by atoms with Crippen LogP contribution in [0, 0.1) is 5.92 Å². The quantitative estimate of drug-likeness (QED) is 0.441. The Hall–Kier alpha value is -0.810. The van der Waals surface area contributed by atoms with Gasteiger partial charge in [0.25, 0.3) is 0 Å². The van der Waals surface area contributed by atoms with E-state index < -0.39 is 0 Å². The average Bonchev–Trinajstić information content (AvgIpc) is 2.68. The minimum absolute atomic E-state index is 0.0784. The zero-order valence-corrected chi connectivity index (χ0v) is 8.51. The van der Waals surface area contributed by atoms with Crippen LogP contribution in [-0.2, 0) is 0 Å². The lowest BCUT2D eigenvalue weighted by molar-refractivity contribution is 0.239. The molecule has 1 aliphatic heterocycles. The lowest BCUT2D eigenvalue weighted by Gasteiger charge is -2.10. The number of rotatable bonds is 5. The van der Waals surface area contributed by atoms with Gasteiger partial charge in [0.1, 0.15) is 0 Å². The largest absolute Gasteiger partial charge is 0.338 e. The summed E-state index contributed by atoms with van der Waals surface area (Å²) >= 11 is 0. The van der Waals surface area contributed by atoms with Crippen LogP contribution >= 0.6 is 0 Å². The number of amides is 2. The molecular formula is C9H20N4O. The van der Waals surface area contributed by atoms with E-state index in [0.717, 1.165) is 32.5 Å². The summed E-state index contributed by atoms with van der Waals surface area (Å²) in [6.07, 6.45) is 1.99. The van der Waals surface area contributed by atoms with E-state index in [9.17, 15) is 4.79 Å². The fraction of sp³-hybridized carbons (Fsp3) is 0.889. The third-order valence-corrected chi connectivity index (χ3v) is 2.38. The van der Waals surface area contributed by atoms with Crippen LogP contribution in [0.3, 0.4) is 0 Å². The molecule has 0 spiro atoms. The van der Waals surface area contributed by atoms with Crippen LogP contribution in [0.5, 0.6) is 0 Å². The molecule has 0 radical (unpaired) electrons. The van der Waals surface area contributed by atoms with Gasteiger partial charge in [-0.25, -0.2) is 4.79 Å². The second kappa shape index (κ2) is 6.62. The van der Waals surface area contributed by atoms with Gasteiger partial charge in [-0.05, 0) is 38.4 Å². The van der Waals surface area contributed by atoms with Gasteiger partial charge >= 0.3 is 6.03 Å². The summed E-state index contributed by atoms with van der Waals surface area (Å²) in [6, 6.07) is -0.0784. The molecule has 5 N–H and O–H groups in total. The summed E-state index contributed by atoms with van der Waals surface area (Å²) in [5.41, 5.74) is 5.31. The number of hydrogen-bond donors (Lipinski definition) is 4. The summed E-state index contributed by atoms with van der Waals surface area (Å²) in [7, 11) is 0. The standard InChI is InChI=1S/C9H20N4O/c10-3-1-4-12-9(14)13-7-8-2-5-11-6-8/h8,11H,1-7,10H2,(H2,12,13,14). The number of carbonyl (C=O) groups excluding carboxylic acids is 1. The van der Waals surface area contributed by atoms with Gasteiger partial charge in [-0.1, -0.05) is 0 Å². The molecule has 1 unspecified atom stereocenters. The Balaban J connectivity index is 1.96. The molecule has 1 fully saturated rings. The highest BCUT2D eigenvalue weighted by atomic mass is 16.2. The monoisotopic (exact) mass is 200 g/mol. The minimum Gasteiger partial charge on any atom is -0.338 e. The van der Waals surface area contributed by atoms with Crippen LogP contribution in [0.1, 0.15) is 12.8 Å². The highest BCUT2D eigenvalue weighted by molar-refractivity contribution is 5.73. The summed E-state index contributed by atoms with van der Waals surface area (Å²) in [5.74, 6) is 0.593. The van der Waals surface area contributed by atoms with E-state index in [1.807, 2.05) is 0 Å². The van der Waals surface area contributed by atoms with Crippen molar-refractivity contribution in [2.75, 3.05) is 32.7 Å². The van der Waals surface area contributed by atoms with Crippen molar-refractivity contribution in [3.63, 3.8) is 0 Å². The molecular weight excluding hydrogens is 180 g/mol. The number of nitrogens with two attached hydrogens (primary N) is 1. The van der Waals surface area contributed by atoms with Crippen LogP contribution in [0.15, 0.2) is 0 Å². The Kier molecular flexibility index (Phi) is 5.32. The molecule has 0 aromatic carbocycles. The predicted molar refractivity (Wildman–Crippen MR) is 56.0 cm³/mol. The minimum atomic E-state index is -0.0784. The lowest BCUT2D eigenvalue weighted by atomic mass is 10.1. The van der Waals surface area contributed by atoms with Gasteiger partial charge in [0.05, 0.1) is 0 Å². The molecule has 14 heavy (non-hydrogen) atoms. The van der Waals surface area contributed by atoms with Crippen molar-refractivity contribution in [1.29, 1.82) is 0 Å². The van der Waals surface area contributed by atoms with Crippen molar-refractivity contribution in [3.05, 3.63) is 0 Å². The fourth-order valence-electron chi connectivity index (χ4n) is 1.49. The number of carbonyl (C=O) groups is 1. The summed E-state index contributed by atoms with van der Waals surface area (Å²) in [6.45, 7) is 4.13. The first-order chi connectivity index (χ1) is 6.83. The highest BCUT2D eigenvalue weighted by Crippen LogP contribution is 2.04. The zero-order valence-electron chi connectivity index (χ0n) is 8.51. The van der Waals surface area contributed by atoms with E-state index in [1.54, 1.807) is 0 Å². The third kappa shape index (κ3) is 4.43. The van der Waals surface area contributed by atoms with Crippen molar-refractivity contribution in [3.8, 4) is 0 Å². The first-order valence-electron chi connectivity index (χ1n) is 5.25. The summed E-state index contributed by atoms with van der Waals surface area (Å²) < 4.78 is 0. The maximum absolute atomic E-state index is 11.2. The first-order valence-corrected chi connectivity index (χ1v) is 5.25. The second-order valence-corrected chi connectivity index (χ2v) is 3.64. The molecule has 1 saturated heterocycles. The summed E-state index contributed by atoms with van der Waals surface area (Å²) in [5, 5.41) is 8.87. The molecule has 2 amide bonds. The van der Waals surface area contributed by atoms with Gasteiger partial charge in [-0.2, -0.15) is 0 Å². The van der Waals surface area contributed by atoms with E-state index in [1.165, 1.54) is 0 Å². The highest BCUT2D eigenvalue weighted by Gasteiger charge is 2.14. The Bertz CT molecular complexity index is 168. The van der Waals surface area contributed by atoms with Crippen LogP contribution in [0.25, 0.3) is 0 Å². The maximum atomic E-state index is 11.2. The predicted octanol–water partition coefficient (Wildman–Crippen LogP) is -0.756. The van der Waals surface area contributed by atoms with Crippen LogP contribution in [-0.4, -0.2) is 38.8 Å². The van der Waals surface area contributed by atoms with Crippen LogP contribution in [0.2, 0.25) is 0 Å². The molecule has 0 aromatic rings. The second-order valence-electron chi connectivity index (χ2n) is 3.64. The molecule has 82 valence electrons. The number of hydrogen-bond acceptors (Lipinski definition) is 3. The van der Waals surface area contributed by atoms with Gasteiger partial charge in [0.15, 0.2) is 0 Å². The molecule has 0 bridgehead atoms.